The molecule has 1 fully saturated rings. The average molecular weight is 442 g/mol. The Morgan fingerprint density at radius 2 is 2.00 bits per heavy atom. The van der Waals surface area contributed by atoms with Gasteiger partial charge < -0.3 is 4.90 Å². The molecule has 0 aliphatic carbocycles. The first-order valence-electron chi connectivity index (χ1n) is 10.5. The van der Waals surface area contributed by atoms with Gasteiger partial charge in [-0.15, -0.1) is 11.3 Å². The van der Waals surface area contributed by atoms with Crippen LogP contribution in [0.2, 0.25) is 0 Å². The highest BCUT2D eigenvalue weighted by Gasteiger charge is 2.26. The van der Waals surface area contributed by atoms with E-state index in [1.807, 2.05) is 42.3 Å². The summed E-state index contributed by atoms with van der Waals surface area (Å²) in [6, 6.07) is 8.29. The molecule has 0 N–H and O–H groups in total. The maximum atomic E-state index is 13.3. The Hall–Kier alpha value is -2.12. The molecule has 3 aromatic rings. The number of piperidine rings is 1. The van der Waals surface area contributed by atoms with Crippen molar-refractivity contribution in [2.75, 3.05) is 12.3 Å². The SMILES string of the molecule is CCC1CCCCN1C(=O)CSc1nc2ccsc2c(=O)n1-c1cc(C)cc(C)c1. The van der Waals surface area contributed by atoms with E-state index in [0.29, 0.717) is 27.2 Å². The molecule has 1 saturated heterocycles. The average Bonchev–Trinajstić information content (AvgIpc) is 3.20. The molecule has 4 rings (SSSR count). The number of nitrogens with zero attached hydrogens (tertiary/aromatic N) is 3. The van der Waals surface area contributed by atoms with Crippen molar-refractivity contribution < 1.29 is 4.79 Å². The van der Waals surface area contributed by atoms with Gasteiger partial charge in [0, 0.05) is 12.6 Å². The van der Waals surface area contributed by atoms with Crippen LogP contribution in [-0.4, -0.2) is 38.7 Å². The molecule has 158 valence electrons. The number of thiophene rings is 1. The van der Waals surface area contributed by atoms with Gasteiger partial charge in [0.25, 0.3) is 5.56 Å². The summed E-state index contributed by atoms with van der Waals surface area (Å²) in [4.78, 5) is 33.1. The van der Waals surface area contributed by atoms with Crippen molar-refractivity contribution >= 4 is 39.2 Å². The van der Waals surface area contributed by atoms with Gasteiger partial charge >= 0.3 is 0 Å². The lowest BCUT2D eigenvalue weighted by atomic mass is 10.0. The van der Waals surface area contributed by atoms with Crippen LogP contribution < -0.4 is 5.56 Å². The van der Waals surface area contributed by atoms with Gasteiger partial charge in [0.2, 0.25) is 5.91 Å². The van der Waals surface area contributed by atoms with E-state index in [0.717, 1.165) is 42.6 Å². The Morgan fingerprint density at radius 1 is 1.23 bits per heavy atom. The molecule has 1 aliphatic rings. The number of hydrogen-bond donors (Lipinski definition) is 0. The van der Waals surface area contributed by atoms with E-state index in [4.69, 9.17) is 4.98 Å². The summed E-state index contributed by atoms with van der Waals surface area (Å²) in [5.74, 6) is 0.432. The van der Waals surface area contributed by atoms with Gasteiger partial charge in [0.05, 0.1) is 17.0 Å². The van der Waals surface area contributed by atoms with Crippen LogP contribution in [-0.2, 0) is 4.79 Å². The zero-order chi connectivity index (χ0) is 21.3. The Bertz CT molecular complexity index is 1110. The first-order valence-corrected chi connectivity index (χ1v) is 12.4. The van der Waals surface area contributed by atoms with Gasteiger partial charge in [-0.3, -0.25) is 14.2 Å². The molecule has 0 bridgehead atoms. The summed E-state index contributed by atoms with van der Waals surface area (Å²) in [6.45, 7) is 7.03. The molecule has 1 unspecified atom stereocenters. The lowest BCUT2D eigenvalue weighted by Crippen LogP contribution is -2.44. The van der Waals surface area contributed by atoms with E-state index < -0.39 is 0 Å². The summed E-state index contributed by atoms with van der Waals surface area (Å²) in [5.41, 5.74) is 3.62. The van der Waals surface area contributed by atoms with Gasteiger partial charge in [0.15, 0.2) is 5.16 Å². The minimum Gasteiger partial charge on any atom is -0.339 e. The molecule has 30 heavy (non-hydrogen) atoms. The van der Waals surface area contributed by atoms with Crippen LogP contribution in [0.1, 0.15) is 43.7 Å². The highest BCUT2D eigenvalue weighted by atomic mass is 32.2. The number of rotatable bonds is 5. The van der Waals surface area contributed by atoms with Crippen molar-refractivity contribution in [3.05, 3.63) is 51.1 Å². The second kappa shape index (κ2) is 8.94. The van der Waals surface area contributed by atoms with Crippen LogP contribution in [0, 0.1) is 13.8 Å². The zero-order valence-corrected chi connectivity index (χ0v) is 19.3. The molecule has 2 aromatic heterocycles. The molecule has 5 nitrogen and oxygen atoms in total. The highest BCUT2D eigenvalue weighted by molar-refractivity contribution is 7.99. The summed E-state index contributed by atoms with van der Waals surface area (Å²) >= 11 is 2.78. The van der Waals surface area contributed by atoms with Crippen molar-refractivity contribution in [1.29, 1.82) is 0 Å². The molecule has 1 atom stereocenters. The number of aryl methyl sites for hydroxylation is 2. The summed E-state index contributed by atoms with van der Waals surface area (Å²) in [6.07, 6.45) is 4.33. The monoisotopic (exact) mass is 441 g/mol. The Balaban J connectivity index is 1.69. The Labute approximate surface area is 185 Å². The highest BCUT2D eigenvalue weighted by Crippen LogP contribution is 2.26. The molecule has 1 aromatic carbocycles. The van der Waals surface area contributed by atoms with Crippen LogP contribution in [0.4, 0.5) is 0 Å². The third kappa shape index (κ3) is 4.18. The fourth-order valence-electron chi connectivity index (χ4n) is 4.26. The number of carbonyl (C=O) groups is 1. The molecular weight excluding hydrogens is 414 g/mol. The number of aromatic nitrogens is 2. The smallest absolute Gasteiger partial charge is 0.276 e. The molecule has 0 saturated carbocycles. The van der Waals surface area contributed by atoms with Gasteiger partial charge in [-0.25, -0.2) is 4.98 Å². The summed E-state index contributed by atoms with van der Waals surface area (Å²) in [7, 11) is 0. The summed E-state index contributed by atoms with van der Waals surface area (Å²) in [5, 5.41) is 2.47. The quantitative estimate of drug-likeness (QED) is 0.415. The topological polar surface area (TPSA) is 55.2 Å². The fraction of sp³-hybridized carbons (Fsp3) is 0.435. The molecule has 0 radical (unpaired) electrons. The molecule has 1 aliphatic heterocycles. The second-order valence-corrected chi connectivity index (χ2v) is 9.81. The third-order valence-electron chi connectivity index (χ3n) is 5.66. The van der Waals surface area contributed by atoms with Gasteiger partial charge in [0.1, 0.15) is 4.70 Å². The standard InChI is InChI=1S/C23H27N3O2S2/c1-4-17-7-5-6-9-25(17)20(27)14-30-23-24-19-8-10-29-21(19)22(28)26(23)18-12-15(2)11-16(3)13-18/h8,10-13,17H,4-7,9,14H2,1-3H3. The van der Waals surface area contributed by atoms with Crippen LogP contribution in [0.25, 0.3) is 15.9 Å². The number of hydrogen-bond acceptors (Lipinski definition) is 5. The van der Waals surface area contributed by atoms with Crippen molar-refractivity contribution in [2.24, 2.45) is 0 Å². The first-order chi connectivity index (χ1) is 14.5. The Morgan fingerprint density at radius 3 is 2.73 bits per heavy atom. The molecule has 3 heterocycles. The number of carbonyl (C=O) groups excluding carboxylic acids is 1. The van der Waals surface area contributed by atoms with Crippen molar-refractivity contribution in [1.82, 2.24) is 14.5 Å². The van der Waals surface area contributed by atoms with Gasteiger partial charge in [-0.05, 0) is 74.2 Å². The third-order valence-corrected chi connectivity index (χ3v) is 7.47. The van der Waals surface area contributed by atoms with E-state index in [1.54, 1.807) is 4.57 Å². The van der Waals surface area contributed by atoms with Crippen molar-refractivity contribution in [3.63, 3.8) is 0 Å². The van der Waals surface area contributed by atoms with Crippen LogP contribution in [0.3, 0.4) is 0 Å². The minimum absolute atomic E-state index is 0.0700. The largest absolute Gasteiger partial charge is 0.339 e. The zero-order valence-electron chi connectivity index (χ0n) is 17.7. The van der Waals surface area contributed by atoms with Gasteiger partial charge in [-0.1, -0.05) is 24.8 Å². The molecule has 7 heteroatoms. The number of amides is 1. The van der Waals surface area contributed by atoms with E-state index in [1.165, 1.54) is 29.5 Å². The van der Waals surface area contributed by atoms with E-state index in [2.05, 4.69) is 13.0 Å². The predicted octanol–water partition coefficient (Wildman–Crippen LogP) is 4.95. The van der Waals surface area contributed by atoms with Crippen molar-refractivity contribution in [3.8, 4) is 5.69 Å². The fourth-order valence-corrected chi connectivity index (χ4v) is 5.92. The first kappa shape index (κ1) is 21.1. The van der Waals surface area contributed by atoms with Crippen molar-refractivity contribution in [2.45, 2.75) is 57.7 Å². The maximum Gasteiger partial charge on any atom is 0.276 e. The second-order valence-electron chi connectivity index (χ2n) is 7.95. The lowest BCUT2D eigenvalue weighted by Gasteiger charge is -2.35. The van der Waals surface area contributed by atoms with E-state index >= 15 is 0 Å². The predicted molar refractivity (Wildman–Crippen MR) is 125 cm³/mol. The molecular formula is C23H27N3O2S2. The maximum absolute atomic E-state index is 13.3. The van der Waals surface area contributed by atoms with Gasteiger partial charge in [-0.2, -0.15) is 0 Å². The minimum atomic E-state index is -0.0700. The number of thioether (sulfide) groups is 1. The van der Waals surface area contributed by atoms with E-state index in [9.17, 15) is 9.59 Å². The number of fused-ring (bicyclic) bond motifs is 1. The number of benzene rings is 1. The van der Waals surface area contributed by atoms with E-state index in [-0.39, 0.29) is 11.5 Å². The Kier molecular flexibility index (Phi) is 6.29. The number of likely N-dealkylation sites (tertiary alicyclic amines) is 1. The summed E-state index contributed by atoms with van der Waals surface area (Å²) < 4.78 is 2.32. The molecule has 1 amide bonds. The van der Waals surface area contributed by atoms with Crippen LogP contribution in [0.5, 0.6) is 0 Å². The normalized spacial score (nSPS) is 16.9. The van der Waals surface area contributed by atoms with Crippen LogP contribution in [0.15, 0.2) is 39.6 Å². The molecule has 0 spiro atoms. The van der Waals surface area contributed by atoms with Crippen LogP contribution >= 0.6 is 23.1 Å². The lowest BCUT2D eigenvalue weighted by molar-refractivity contribution is -0.132.